The third-order valence-corrected chi connectivity index (χ3v) is 3.22. The molecule has 5 heteroatoms. The van der Waals surface area contributed by atoms with Gasteiger partial charge in [-0.3, -0.25) is 4.79 Å². The lowest BCUT2D eigenvalue weighted by Crippen LogP contribution is -2.30. The molecule has 1 amide bonds. The summed E-state index contributed by atoms with van der Waals surface area (Å²) in [4.78, 5) is 24.9. The Labute approximate surface area is 105 Å². The van der Waals surface area contributed by atoms with Crippen molar-refractivity contribution in [3.8, 4) is 0 Å². The molecule has 0 spiro atoms. The molecule has 0 aliphatic carbocycles. The number of carbonyl (C=O) groups is 2. The van der Waals surface area contributed by atoms with E-state index in [0.29, 0.717) is 13.1 Å². The summed E-state index contributed by atoms with van der Waals surface area (Å²) in [5.41, 5.74) is 0.235. The van der Waals surface area contributed by atoms with Crippen molar-refractivity contribution in [2.75, 3.05) is 19.7 Å². The molecule has 0 saturated carbocycles. The first-order valence-electron chi connectivity index (χ1n) is 5.86. The van der Waals surface area contributed by atoms with Crippen LogP contribution in [0, 0.1) is 5.92 Å². The Morgan fingerprint density at radius 3 is 2.50 bits per heavy atom. The molecule has 2 N–H and O–H groups in total. The van der Waals surface area contributed by atoms with Crippen molar-refractivity contribution in [1.82, 2.24) is 4.90 Å². The second-order valence-electron chi connectivity index (χ2n) is 4.44. The minimum Gasteiger partial charge on any atom is -0.478 e. The highest BCUT2D eigenvalue weighted by Crippen LogP contribution is 2.20. The van der Waals surface area contributed by atoms with Crippen LogP contribution >= 0.6 is 0 Å². The van der Waals surface area contributed by atoms with Crippen molar-refractivity contribution in [2.45, 2.75) is 6.42 Å². The highest BCUT2D eigenvalue weighted by molar-refractivity contribution is 6.04. The van der Waals surface area contributed by atoms with Crippen molar-refractivity contribution in [1.29, 1.82) is 0 Å². The Morgan fingerprint density at radius 2 is 1.94 bits per heavy atom. The molecule has 1 aliphatic heterocycles. The van der Waals surface area contributed by atoms with Gasteiger partial charge in [-0.15, -0.1) is 0 Å². The molecule has 1 saturated heterocycles. The number of nitrogens with zero attached hydrogens (tertiary/aromatic N) is 1. The highest BCUT2D eigenvalue weighted by atomic mass is 16.4. The highest BCUT2D eigenvalue weighted by Gasteiger charge is 2.28. The predicted octanol–water partition coefficient (Wildman–Crippen LogP) is 0.839. The Morgan fingerprint density at radius 1 is 1.28 bits per heavy atom. The molecule has 1 aromatic carbocycles. The second kappa shape index (κ2) is 5.18. The fourth-order valence-electron chi connectivity index (χ4n) is 2.19. The van der Waals surface area contributed by atoms with Crippen LogP contribution in [0.2, 0.25) is 0 Å². The predicted molar refractivity (Wildman–Crippen MR) is 64.5 cm³/mol. The number of aliphatic hydroxyl groups is 1. The van der Waals surface area contributed by atoms with E-state index in [-0.39, 0.29) is 29.6 Å². The maximum absolute atomic E-state index is 12.2. The summed E-state index contributed by atoms with van der Waals surface area (Å²) in [6, 6.07) is 6.20. The van der Waals surface area contributed by atoms with Crippen LogP contribution in [-0.4, -0.2) is 46.7 Å². The molecule has 1 aliphatic rings. The molecule has 96 valence electrons. The number of carboxylic acids is 1. The normalized spacial score (nSPS) is 18.9. The zero-order chi connectivity index (χ0) is 13.1. The van der Waals surface area contributed by atoms with Gasteiger partial charge >= 0.3 is 5.97 Å². The first kappa shape index (κ1) is 12.6. The van der Waals surface area contributed by atoms with Crippen LogP contribution in [0.4, 0.5) is 0 Å². The number of likely N-dealkylation sites (tertiary alicyclic amines) is 1. The van der Waals surface area contributed by atoms with E-state index < -0.39 is 5.97 Å². The lowest BCUT2D eigenvalue weighted by Gasteiger charge is -2.17. The average Bonchev–Trinajstić information content (AvgIpc) is 2.86. The van der Waals surface area contributed by atoms with Crippen LogP contribution in [-0.2, 0) is 0 Å². The maximum atomic E-state index is 12.2. The molecular formula is C13H15NO4. The Balaban J connectivity index is 2.22. The molecule has 5 nitrogen and oxygen atoms in total. The van der Waals surface area contributed by atoms with E-state index in [0.717, 1.165) is 6.42 Å². The third kappa shape index (κ3) is 2.36. The molecule has 18 heavy (non-hydrogen) atoms. The zero-order valence-corrected chi connectivity index (χ0v) is 9.87. The summed E-state index contributed by atoms with van der Waals surface area (Å²) in [6.45, 7) is 1.12. The quantitative estimate of drug-likeness (QED) is 0.832. The molecular weight excluding hydrogens is 234 g/mol. The van der Waals surface area contributed by atoms with Gasteiger partial charge in [0.15, 0.2) is 0 Å². The van der Waals surface area contributed by atoms with Gasteiger partial charge in [0.25, 0.3) is 5.91 Å². The smallest absolute Gasteiger partial charge is 0.336 e. The number of carboxylic acid groups (broad SMARTS) is 1. The molecule has 0 bridgehead atoms. The maximum Gasteiger partial charge on any atom is 0.336 e. The molecule has 1 unspecified atom stereocenters. The van der Waals surface area contributed by atoms with Gasteiger partial charge in [-0.1, -0.05) is 12.1 Å². The van der Waals surface area contributed by atoms with Crippen molar-refractivity contribution in [3.63, 3.8) is 0 Å². The van der Waals surface area contributed by atoms with Crippen molar-refractivity contribution < 1.29 is 19.8 Å². The van der Waals surface area contributed by atoms with Crippen LogP contribution in [0.15, 0.2) is 24.3 Å². The van der Waals surface area contributed by atoms with Crippen LogP contribution in [0.5, 0.6) is 0 Å². The number of aromatic carboxylic acids is 1. The Bertz CT molecular complexity index is 472. The molecule has 1 aromatic rings. The van der Waals surface area contributed by atoms with Crippen molar-refractivity contribution >= 4 is 11.9 Å². The standard InChI is InChI=1S/C13H15NO4/c15-8-9-5-6-14(7-9)12(16)10-3-1-2-4-11(10)13(17)18/h1-4,9,15H,5-8H2,(H,17,18). The van der Waals surface area contributed by atoms with E-state index in [1.807, 2.05) is 0 Å². The first-order chi connectivity index (χ1) is 8.63. The number of benzene rings is 1. The molecule has 1 fully saturated rings. The van der Waals surface area contributed by atoms with Crippen LogP contribution < -0.4 is 0 Å². The fourth-order valence-corrected chi connectivity index (χ4v) is 2.19. The topological polar surface area (TPSA) is 77.8 Å². The van der Waals surface area contributed by atoms with E-state index in [1.54, 1.807) is 17.0 Å². The summed E-state index contributed by atoms with van der Waals surface area (Å²) in [7, 11) is 0. The molecule has 0 radical (unpaired) electrons. The number of aliphatic hydroxyl groups excluding tert-OH is 1. The molecule has 1 atom stereocenters. The van der Waals surface area contributed by atoms with Gasteiger partial charge in [0.05, 0.1) is 11.1 Å². The van der Waals surface area contributed by atoms with E-state index >= 15 is 0 Å². The lowest BCUT2D eigenvalue weighted by molar-refractivity contribution is 0.0679. The monoisotopic (exact) mass is 249 g/mol. The Hall–Kier alpha value is -1.88. The molecule has 1 heterocycles. The van der Waals surface area contributed by atoms with E-state index in [9.17, 15) is 9.59 Å². The van der Waals surface area contributed by atoms with Gasteiger partial charge in [0, 0.05) is 25.6 Å². The van der Waals surface area contributed by atoms with Gasteiger partial charge in [0.1, 0.15) is 0 Å². The van der Waals surface area contributed by atoms with E-state index in [1.165, 1.54) is 12.1 Å². The minimum atomic E-state index is -1.10. The van der Waals surface area contributed by atoms with E-state index in [2.05, 4.69) is 0 Å². The number of rotatable bonds is 3. The summed E-state index contributed by atoms with van der Waals surface area (Å²) >= 11 is 0. The number of carbonyl (C=O) groups excluding carboxylic acids is 1. The number of hydrogen-bond acceptors (Lipinski definition) is 3. The zero-order valence-electron chi connectivity index (χ0n) is 9.87. The minimum absolute atomic E-state index is 0.0231. The number of amides is 1. The summed E-state index contributed by atoms with van der Waals surface area (Å²) in [5, 5.41) is 18.1. The average molecular weight is 249 g/mol. The van der Waals surface area contributed by atoms with Crippen LogP contribution in [0.25, 0.3) is 0 Å². The van der Waals surface area contributed by atoms with Crippen molar-refractivity contribution in [3.05, 3.63) is 35.4 Å². The van der Waals surface area contributed by atoms with Crippen LogP contribution in [0.1, 0.15) is 27.1 Å². The van der Waals surface area contributed by atoms with Gasteiger partial charge < -0.3 is 15.1 Å². The summed E-state index contributed by atoms with van der Waals surface area (Å²) in [6.07, 6.45) is 0.761. The fraction of sp³-hybridized carbons (Fsp3) is 0.385. The van der Waals surface area contributed by atoms with Gasteiger partial charge in [-0.2, -0.15) is 0 Å². The SMILES string of the molecule is O=C(O)c1ccccc1C(=O)N1CCC(CO)C1. The van der Waals surface area contributed by atoms with Gasteiger partial charge in [-0.25, -0.2) is 4.79 Å². The van der Waals surface area contributed by atoms with Gasteiger partial charge in [-0.05, 0) is 18.6 Å². The third-order valence-electron chi connectivity index (χ3n) is 3.22. The van der Waals surface area contributed by atoms with Gasteiger partial charge in [0.2, 0.25) is 0 Å². The molecule has 0 aromatic heterocycles. The first-order valence-corrected chi connectivity index (χ1v) is 5.86. The second-order valence-corrected chi connectivity index (χ2v) is 4.44. The Kier molecular flexibility index (Phi) is 3.62. The number of hydrogen-bond donors (Lipinski definition) is 2. The largest absolute Gasteiger partial charge is 0.478 e. The van der Waals surface area contributed by atoms with Crippen LogP contribution in [0.3, 0.4) is 0 Å². The lowest BCUT2D eigenvalue weighted by atomic mass is 10.1. The summed E-state index contributed by atoms with van der Waals surface area (Å²) in [5.74, 6) is -1.27. The van der Waals surface area contributed by atoms with E-state index in [4.69, 9.17) is 10.2 Å². The molecule has 2 rings (SSSR count). The van der Waals surface area contributed by atoms with Crippen molar-refractivity contribution in [2.24, 2.45) is 5.92 Å². The summed E-state index contributed by atoms with van der Waals surface area (Å²) < 4.78 is 0.